The lowest BCUT2D eigenvalue weighted by molar-refractivity contribution is -0.150. The molecular formula is C25H26N4O6. The summed E-state index contributed by atoms with van der Waals surface area (Å²) >= 11 is 0. The van der Waals surface area contributed by atoms with Crippen molar-refractivity contribution in [3.63, 3.8) is 0 Å². The quantitative estimate of drug-likeness (QED) is 0.512. The highest BCUT2D eigenvalue weighted by Crippen LogP contribution is 2.27. The molecule has 2 aliphatic heterocycles. The van der Waals surface area contributed by atoms with Gasteiger partial charge in [-0.1, -0.05) is 6.07 Å². The van der Waals surface area contributed by atoms with Crippen LogP contribution in [0.1, 0.15) is 5.69 Å². The smallest absolute Gasteiger partial charge is 0.259 e. The van der Waals surface area contributed by atoms with E-state index in [9.17, 15) is 19.5 Å². The van der Waals surface area contributed by atoms with Crippen molar-refractivity contribution in [1.82, 2.24) is 4.98 Å². The third-order valence-electron chi connectivity index (χ3n) is 6.14. The zero-order valence-electron chi connectivity index (χ0n) is 19.2. The molecule has 35 heavy (non-hydrogen) atoms. The summed E-state index contributed by atoms with van der Waals surface area (Å²) in [4.78, 5) is 44.5. The van der Waals surface area contributed by atoms with Crippen LogP contribution in [0.5, 0.6) is 0 Å². The molecule has 0 aliphatic carbocycles. The molecule has 0 spiro atoms. The van der Waals surface area contributed by atoms with E-state index in [1.54, 1.807) is 41.3 Å². The fourth-order valence-corrected chi connectivity index (χ4v) is 4.42. The summed E-state index contributed by atoms with van der Waals surface area (Å²) in [6, 6.07) is 14.3. The van der Waals surface area contributed by atoms with Gasteiger partial charge in [0.05, 0.1) is 13.2 Å². The molecule has 182 valence electrons. The first-order valence-corrected chi connectivity index (χ1v) is 11.4. The van der Waals surface area contributed by atoms with Gasteiger partial charge in [0.25, 0.3) is 17.7 Å². The SMILES string of the molecule is Cc1cc2cc(NC(=O)[C@H](O)[C@H]3OCCN(c4cccc(N5CCOCC5=O)c4)C3=O)ccc2[nH]1. The highest BCUT2D eigenvalue weighted by Gasteiger charge is 2.39. The van der Waals surface area contributed by atoms with Gasteiger partial charge in [0, 0.05) is 46.7 Å². The summed E-state index contributed by atoms with van der Waals surface area (Å²) in [7, 11) is 0. The summed E-state index contributed by atoms with van der Waals surface area (Å²) in [6.07, 6.45) is -3.05. The number of H-pyrrole nitrogens is 1. The van der Waals surface area contributed by atoms with Crippen LogP contribution in [0.25, 0.3) is 10.9 Å². The number of carbonyl (C=O) groups is 3. The minimum Gasteiger partial charge on any atom is -0.380 e. The Kier molecular flexibility index (Phi) is 6.25. The first kappa shape index (κ1) is 23.0. The largest absolute Gasteiger partial charge is 0.380 e. The minimum atomic E-state index is -1.70. The molecule has 3 amide bonds. The molecule has 0 unspecified atom stereocenters. The number of aromatic amines is 1. The Morgan fingerprint density at radius 3 is 2.66 bits per heavy atom. The molecule has 2 aliphatic rings. The van der Waals surface area contributed by atoms with Gasteiger partial charge in [-0.15, -0.1) is 0 Å². The van der Waals surface area contributed by atoms with E-state index in [0.29, 0.717) is 30.2 Å². The summed E-state index contributed by atoms with van der Waals surface area (Å²) in [6.45, 7) is 3.22. The number of morpholine rings is 2. The molecule has 2 atom stereocenters. The molecule has 3 N–H and O–H groups in total. The van der Waals surface area contributed by atoms with Crippen molar-refractivity contribution in [3.8, 4) is 0 Å². The molecule has 1 aromatic heterocycles. The van der Waals surface area contributed by atoms with Gasteiger partial charge in [0.2, 0.25) is 0 Å². The molecule has 2 fully saturated rings. The van der Waals surface area contributed by atoms with E-state index in [0.717, 1.165) is 16.6 Å². The molecule has 0 saturated carbocycles. The highest BCUT2D eigenvalue weighted by molar-refractivity contribution is 6.05. The summed E-state index contributed by atoms with van der Waals surface area (Å²) < 4.78 is 10.7. The van der Waals surface area contributed by atoms with E-state index in [1.165, 1.54) is 4.90 Å². The van der Waals surface area contributed by atoms with Gasteiger partial charge in [-0.2, -0.15) is 0 Å². The predicted octanol–water partition coefficient (Wildman–Crippen LogP) is 1.57. The number of fused-ring (bicyclic) bond motifs is 1. The number of hydrogen-bond acceptors (Lipinski definition) is 6. The van der Waals surface area contributed by atoms with Gasteiger partial charge in [0.1, 0.15) is 6.61 Å². The Bertz CT molecular complexity index is 1290. The van der Waals surface area contributed by atoms with Gasteiger partial charge in [0.15, 0.2) is 12.2 Å². The average Bonchev–Trinajstić information content (AvgIpc) is 3.23. The number of hydrogen-bond donors (Lipinski definition) is 3. The number of amides is 3. The van der Waals surface area contributed by atoms with Crippen molar-refractivity contribution < 1.29 is 29.0 Å². The number of aromatic nitrogens is 1. The number of benzene rings is 2. The fraction of sp³-hybridized carbons (Fsp3) is 0.320. The van der Waals surface area contributed by atoms with E-state index < -0.39 is 24.0 Å². The molecular weight excluding hydrogens is 452 g/mol. The van der Waals surface area contributed by atoms with Gasteiger partial charge in [-0.3, -0.25) is 14.4 Å². The number of aryl methyl sites for hydroxylation is 1. The van der Waals surface area contributed by atoms with Gasteiger partial charge < -0.3 is 34.7 Å². The zero-order chi connectivity index (χ0) is 24.5. The molecule has 0 bridgehead atoms. The summed E-state index contributed by atoms with van der Waals surface area (Å²) in [5.41, 5.74) is 3.64. The van der Waals surface area contributed by atoms with E-state index in [1.807, 2.05) is 19.1 Å². The van der Waals surface area contributed by atoms with Crippen LogP contribution in [-0.4, -0.2) is 72.9 Å². The van der Waals surface area contributed by atoms with Crippen LogP contribution in [0.3, 0.4) is 0 Å². The number of carbonyl (C=O) groups excluding carboxylic acids is 3. The van der Waals surface area contributed by atoms with Crippen LogP contribution in [0, 0.1) is 6.92 Å². The summed E-state index contributed by atoms with van der Waals surface area (Å²) in [5, 5.41) is 14.3. The number of rotatable bonds is 5. The fourth-order valence-electron chi connectivity index (χ4n) is 4.42. The molecule has 5 rings (SSSR count). The van der Waals surface area contributed by atoms with Crippen LogP contribution in [0.2, 0.25) is 0 Å². The normalized spacial score (nSPS) is 19.8. The second-order valence-corrected chi connectivity index (χ2v) is 8.59. The van der Waals surface area contributed by atoms with Gasteiger partial charge in [-0.05, 0) is 49.4 Å². The molecule has 3 heterocycles. The Labute approximate surface area is 201 Å². The number of aliphatic hydroxyl groups is 1. The Hall–Kier alpha value is -3.73. The van der Waals surface area contributed by atoms with E-state index in [2.05, 4.69) is 10.3 Å². The molecule has 0 radical (unpaired) electrons. The van der Waals surface area contributed by atoms with Gasteiger partial charge >= 0.3 is 0 Å². The maximum atomic E-state index is 13.2. The first-order chi connectivity index (χ1) is 16.9. The average molecular weight is 479 g/mol. The van der Waals surface area contributed by atoms with Crippen LogP contribution < -0.4 is 15.1 Å². The predicted molar refractivity (Wildman–Crippen MR) is 129 cm³/mol. The van der Waals surface area contributed by atoms with Crippen molar-refractivity contribution in [2.45, 2.75) is 19.1 Å². The second kappa shape index (κ2) is 9.49. The molecule has 2 aromatic carbocycles. The van der Waals surface area contributed by atoms with Crippen LogP contribution in [0.15, 0.2) is 48.5 Å². The number of anilines is 3. The Morgan fingerprint density at radius 2 is 1.86 bits per heavy atom. The maximum absolute atomic E-state index is 13.2. The monoisotopic (exact) mass is 478 g/mol. The Morgan fingerprint density at radius 1 is 1.09 bits per heavy atom. The van der Waals surface area contributed by atoms with E-state index in [-0.39, 0.29) is 25.7 Å². The molecule has 10 nitrogen and oxygen atoms in total. The van der Waals surface area contributed by atoms with Crippen molar-refractivity contribution in [1.29, 1.82) is 0 Å². The lowest BCUT2D eigenvalue weighted by Gasteiger charge is -2.35. The number of aliphatic hydroxyl groups excluding tert-OH is 1. The zero-order valence-corrected chi connectivity index (χ0v) is 19.2. The molecule has 3 aromatic rings. The van der Waals surface area contributed by atoms with Crippen LogP contribution in [0.4, 0.5) is 17.1 Å². The topological polar surface area (TPSA) is 124 Å². The van der Waals surface area contributed by atoms with Crippen molar-refractivity contribution in [2.24, 2.45) is 0 Å². The third kappa shape index (κ3) is 4.63. The van der Waals surface area contributed by atoms with E-state index in [4.69, 9.17) is 9.47 Å². The number of ether oxygens (including phenoxy) is 2. The minimum absolute atomic E-state index is 0.0146. The first-order valence-electron chi connectivity index (χ1n) is 11.4. The van der Waals surface area contributed by atoms with Crippen molar-refractivity contribution in [3.05, 3.63) is 54.2 Å². The van der Waals surface area contributed by atoms with Crippen molar-refractivity contribution >= 4 is 45.7 Å². The lowest BCUT2D eigenvalue weighted by Crippen LogP contribution is -2.55. The van der Waals surface area contributed by atoms with Crippen LogP contribution in [-0.2, 0) is 23.9 Å². The standard InChI is InChI=1S/C25H26N4O6/c1-15-11-16-12-17(5-6-20(16)26-15)27-24(32)22(31)23-25(33)29(8-10-35-23)19-4-2-3-18(13-19)28-7-9-34-14-21(28)30/h2-6,11-13,22-23,26,31H,7-10,14H2,1H3,(H,27,32)/t22-,23-/m1/s1. The van der Waals surface area contributed by atoms with Crippen molar-refractivity contribution in [2.75, 3.05) is 48.0 Å². The molecule has 10 heteroatoms. The third-order valence-corrected chi connectivity index (χ3v) is 6.14. The van der Waals surface area contributed by atoms with Crippen LogP contribution >= 0.6 is 0 Å². The maximum Gasteiger partial charge on any atom is 0.259 e. The number of nitrogens with one attached hydrogen (secondary N) is 2. The van der Waals surface area contributed by atoms with E-state index >= 15 is 0 Å². The Balaban J connectivity index is 1.30. The number of nitrogens with zero attached hydrogens (tertiary/aromatic N) is 2. The summed E-state index contributed by atoms with van der Waals surface area (Å²) in [5.74, 6) is -1.41. The van der Waals surface area contributed by atoms with Gasteiger partial charge in [-0.25, -0.2) is 0 Å². The second-order valence-electron chi connectivity index (χ2n) is 8.59. The highest BCUT2D eigenvalue weighted by atomic mass is 16.5. The molecule has 2 saturated heterocycles. The lowest BCUT2D eigenvalue weighted by atomic mass is 10.1.